The van der Waals surface area contributed by atoms with Gasteiger partial charge >= 0.3 is 0 Å². The molecule has 5 nitrogen and oxygen atoms in total. The first-order valence-electron chi connectivity index (χ1n) is 6.18. The molecular weight excluding hydrogens is 226 g/mol. The minimum atomic E-state index is -0.0400. The van der Waals surface area contributed by atoms with Crippen LogP contribution in [0.3, 0.4) is 0 Å². The van der Waals surface area contributed by atoms with Crippen molar-refractivity contribution in [1.29, 1.82) is 0 Å². The number of nitrogens with zero attached hydrogens (tertiary/aromatic N) is 4. The molecule has 0 atom stereocenters. The quantitative estimate of drug-likeness (QED) is 0.868. The third kappa shape index (κ3) is 1.50. The summed E-state index contributed by atoms with van der Waals surface area (Å²) < 4.78 is 2.00. The Morgan fingerprint density at radius 3 is 2.78 bits per heavy atom. The van der Waals surface area contributed by atoms with E-state index in [9.17, 15) is 0 Å². The lowest BCUT2D eigenvalue weighted by molar-refractivity contribution is 0.185. The highest BCUT2D eigenvalue weighted by molar-refractivity contribution is 5.42. The number of pyridine rings is 1. The molecule has 2 aromatic heterocycles. The number of aryl methyl sites for hydroxylation is 1. The number of aromatic nitrogens is 4. The van der Waals surface area contributed by atoms with Crippen LogP contribution >= 0.6 is 0 Å². The van der Waals surface area contributed by atoms with E-state index in [0.29, 0.717) is 11.7 Å². The first-order valence-corrected chi connectivity index (χ1v) is 6.18. The molecule has 0 radical (unpaired) electrons. The van der Waals surface area contributed by atoms with E-state index in [-0.39, 0.29) is 5.41 Å². The number of hydrogen-bond donors (Lipinski definition) is 1. The molecule has 1 fully saturated rings. The zero-order chi connectivity index (χ0) is 12.8. The van der Waals surface area contributed by atoms with Crippen molar-refractivity contribution >= 4 is 5.82 Å². The second-order valence-electron chi connectivity index (χ2n) is 5.33. The first kappa shape index (κ1) is 11.2. The average molecular weight is 243 g/mol. The van der Waals surface area contributed by atoms with Gasteiger partial charge in [0.15, 0.2) is 0 Å². The van der Waals surface area contributed by atoms with Gasteiger partial charge in [-0.15, -0.1) is 10.2 Å². The molecule has 0 saturated heterocycles. The molecule has 0 bridgehead atoms. The van der Waals surface area contributed by atoms with Gasteiger partial charge in [-0.2, -0.15) is 0 Å². The van der Waals surface area contributed by atoms with Crippen LogP contribution in [0.2, 0.25) is 0 Å². The Morgan fingerprint density at radius 1 is 1.44 bits per heavy atom. The summed E-state index contributed by atoms with van der Waals surface area (Å²) in [5, 5.41) is 8.31. The minimum Gasteiger partial charge on any atom is -0.384 e. The van der Waals surface area contributed by atoms with Gasteiger partial charge in [0.2, 0.25) is 0 Å². The Labute approximate surface area is 106 Å². The number of nitrogen functional groups attached to an aromatic ring is 1. The van der Waals surface area contributed by atoms with Crippen molar-refractivity contribution in [1.82, 2.24) is 19.7 Å². The Balaban J connectivity index is 2.11. The fourth-order valence-corrected chi connectivity index (χ4v) is 3.14. The van der Waals surface area contributed by atoms with Gasteiger partial charge in [0.1, 0.15) is 18.0 Å². The van der Waals surface area contributed by atoms with E-state index in [4.69, 9.17) is 5.73 Å². The number of anilines is 1. The van der Waals surface area contributed by atoms with E-state index in [2.05, 4.69) is 22.1 Å². The molecule has 1 aliphatic rings. The molecule has 2 heterocycles. The second-order valence-corrected chi connectivity index (χ2v) is 5.33. The standard InChI is InChI=1S/C13H17N5/c1-9-6-13(7-9,12-17-16-8-18(12)2)10-3-4-15-11(14)5-10/h3-5,8-9H,6-7H2,1-2H3,(H2,14,15). The molecule has 0 spiro atoms. The maximum atomic E-state index is 5.81. The van der Waals surface area contributed by atoms with Crippen LogP contribution in [-0.2, 0) is 12.5 Å². The maximum Gasteiger partial charge on any atom is 0.143 e. The van der Waals surface area contributed by atoms with E-state index in [1.807, 2.05) is 23.7 Å². The normalized spacial score (nSPS) is 26.9. The molecule has 3 rings (SSSR count). The van der Waals surface area contributed by atoms with E-state index in [1.165, 1.54) is 5.56 Å². The largest absolute Gasteiger partial charge is 0.384 e. The molecule has 2 N–H and O–H groups in total. The summed E-state index contributed by atoms with van der Waals surface area (Å²) in [7, 11) is 1.99. The lowest BCUT2D eigenvalue weighted by Crippen LogP contribution is -2.43. The third-order valence-electron chi connectivity index (χ3n) is 3.87. The monoisotopic (exact) mass is 243 g/mol. The van der Waals surface area contributed by atoms with Gasteiger partial charge in [0.25, 0.3) is 0 Å². The topological polar surface area (TPSA) is 69.6 Å². The van der Waals surface area contributed by atoms with Gasteiger partial charge in [0.05, 0.1) is 5.41 Å². The predicted molar refractivity (Wildman–Crippen MR) is 68.8 cm³/mol. The Kier molecular flexibility index (Phi) is 2.36. The highest BCUT2D eigenvalue weighted by Crippen LogP contribution is 2.51. The van der Waals surface area contributed by atoms with Crippen molar-refractivity contribution < 1.29 is 0 Å². The molecule has 0 amide bonds. The molecule has 94 valence electrons. The van der Waals surface area contributed by atoms with Gasteiger partial charge in [-0.25, -0.2) is 4.98 Å². The van der Waals surface area contributed by atoms with Gasteiger partial charge < -0.3 is 10.3 Å². The first-order chi connectivity index (χ1) is 8.62. The van der Waals surface area contributed by atoms with Crippen LogP contribution in [0.1, 0.15) is 31.2 Å². The van der Waals surface area contributed by atoms with Crippen molar-refractivity contribution in [2.45, 2.75) is 25.2 Å². The zero-order valence-electron chi connectivity index (χ0n) is 10.7. The second kappa shape index (κ2) is 3.80. The van der Waals surface area contributed by atoms with Crippen LogP contribution in [0.15, 0.2) is 24.7 Å². The summed E-state index contributed by atoms with van der Waals surface area (Å²) >= 11 is 0. The number of rotatable bonds is 2. The van der Waals surface area contributed by atoms with Crippen LogP contribution in [-0.4, -0.2) is 19.7 Å². The highest BCUT2D eigenvalue weighted by Gasteiger charge is 2.48. The van der Waals surface area contributed by atoms with Crippen LogP contribution in [0.4, 0.5) is 5.82 Å². The van der Waals surface area contributed by atoms with Gasteiger partial charge in [-0.3, -0.25) is 0 Å². The van der Waals surface area contributed by atoms with Crippen molar-refractivity contribution in [2.75, 3.05) is 5.73 Å². The Hall–Kier alpha value is -1.91. The van der Waals surface area contributed by atoms with Gasteiger partial charge in [-0.1, -0.05) is 6.92 Å². The summed E-state index contributed by atoms with van der Waals surface area (Å²) in [6.07, 6.45) is 5.70. The lowest BCUT2D eigenvalue weighted by Gasteiger charge is -2.46. The molecule has 2 aromatic rings. The zero-order valence-corrected chi connectivity index (χ0v) is 10.7. The SMILES string of the molecule is CC1CC(c2ccnc(N)c2)(c2nncn2C)C1. The molecule has 5 heteroatoms. The Morgan fingerprint density at radius 2 is 2.22 bits per heavy atom. The van der Waals surface area contributed by atoms with Crippen LogP contribution in [0, 0.1) is 5.92 Å². The van der Waals surface area contributed by atoms with Crippen molar-refractivity contribution in [2.24, 2.45) is 13.0 Å². The summed E-state index contributed by atoms with van der Waals surface area (Å²) in [5.41, 5.74) is 6.96. The predicted octanol–water partition coefficient (Wildman–Crippen LogP) is 1.51. The molecular formula is C13H17N5. The lowest BCUT2D eigenvalue weighted by atomic mass is 9.58. The fraction of sp³-hybridized carbons (Fsp3) is 0.462. The average Bonchev–Trinajstić information content (AvgIpc) is 2.71. The van der Waals surface area contributed by atoms with Crippen LogP contribution < -0.4 is 5.73 Å². The minimum absolute atomic E-state index is 0.0400. The molecule has 0 aromatic carbocycles. The molecule has 18 heavy (non-hydrogen) atoms. The van der Waals surface area contributed by atoms with E-state index in [1.54, 1.807) is 12.5 Å². The number of hydrogen-bond acceptors (Lipinski definition) is 4. The highest BCUT2D eigenvalue weighted by atomic mass is 15.3. The van der Waals surface area contributed by atoms with E-state index in [0.717, 1.165) is 18.7 Å². The number of nitrogens with two attached hydrogens (primary N) is 1. The van der Waals surface area contributed by atoms with Gasteiger partial charge in [-0.05, 0) is 36.5 Å². The molecule has 1 aliphatic carbocycles. The van der Waals surface area contributed by atoms with Crippen molar-refractivity contribution in [3.05, 3.63) is 36.0 Å². The van der Waals surface area contributed by atoms with Gasteiger partial charge in [0, 0.05) is 13.2 Å². The Bertz CT molecular complexity index is 568. The summed E-state index contributed by atoms with van der Waals surface area (Å²) in [6.45, 7) is 2.26. The smallest absolute Gasteiger partial charge is 0.143 e. The summed E-state index contributed by atoms with van der Waals surface area (Å²) in [6, 6.07) is 4.00. The summed E-state index contributed by atoms with van der Waals surface area (Å²) in [4.78, 5) is 4.07. The van der Waals surface area contributed by atoms with Crippen LogP contribution in [0.25, 0.3) is 0 Å². The van der Waals surface area contributed by atoms with E-state index < -0.39 is 0 Å². The van der Waals surface area contributed by atoms with Crippen molar-refractivity contribution in [3.63, 3.8) is 0 Å². The molecule has 0 unspecified atom stereocenters. The maximum absolute atomic E-state index is 5.81. The van der Waals surface area contributed by atoms with Crippen LogP contribution in [0.5, 0.6) is 0 Å². The summed E-state index contributed by atoms with van der Waals surface area (Å²) in [5.74, 6) is 2.29. The third-order valence-corrected chi connectivity index (χ3v) is 3.87. The molecule has 0 aliphatic heterocycles. The fourth-order valence-electron chi connectivity index (χ4n) is 3.14. The molecule has 1 saturated carbocycles. The van der Waals surface area contributed by atoms with E-state index >= 15 is 0 Å². The van der Waals surface area contributed by atoms with Crippen molar-refractivity contribution in [3.8, 4) is 0 Å².